The highest BCUT2D eigenvalue weighted by molar-refractivity contribution is 8.13. The lowest BCUT2D eigenvalue weighted by Crippen LogP contribution is -2.00. The van der Waals surface area contributed by atoms with Crippen molar-refractivity contribution in [1.29, 1.82) is 0 Å². The van der Waals surface area contributed by atoms with Gasteiger partial charge in [-0.1, -0.05) is 0 Å². The van der Waals surface area contributed by atoms with Gasteiger partial charge in [0.25, 0.3) is 0 Å². The van der Waals surface area contributed by atoms with Crippen LogP contribution in [0, 0.1) is 0 Å². The number of aromatic nitrogens is 2. The highest BCUT2D eigenvalue weighted by Gasteiger charge is 2.05. The number of halogens is 1. The van der Waals surface area contributed by atoms with Gasteiger partial charge in [0.2, 0.25) is 15.0 Å². The van der Waals surface area contributed by atoms with Crippen molar-refractivity contribution in [2.24, 2.45) is 7.05 Å². The van der Waals surface area contributed by atoms with Crippen LogP contribution in [-0.2, 0) is 16.1 Å². The van der Waals surface area contributed by atoms with Crippen molar-refractivity contribution in [2.75, 3.05) is 25.2 Å². The van der Waals surface area contributed by atoms with Crippen LogP contribution in [-0.4, -0.2) is 42.5 Å². The SMILES string of the molecule is CS(=O)(=O)Cl.Cn1c(N)nc2ccc(OCCCO)cc21. The number of rotatable bonds is 4. The zero-order valence-electron chi connectivity index (χ0n) is 11.8. The van der Waals surface area contributed by atoms with Crippen LogP contribution in [0.25, 0.3) is 11.0 Å². The maximum Gasteiger partial charge on any atom is 0.229 e. The van der Waals surface area contributed by atoms with Gasteiger partial charge >= 0.3 is 0 Å². The van der Waals surface area contributed by atoms with E-state index in [-0.39, 0.29) is 6.61 Å². The minimum atomic E-state index is -3.19. The van der Waals surface area contributed by atoms with E-state index in [9.17, 15) is 8.42 Å². The standard InChI is InChI=1S/C11H15N3O2.CH3ClO2S/c1-14-10-7-8(16-6-2-5-15)3-4-9(10)13-11(14)12;1-5(2,3)4/h3-4,7,15H,2,5-6H2,1H3,(H2,12,13);1H3. The summed E-state index contributed by atoms with van der Waals surface area (Å²) in [7, 11) is 3.17. The highest BCUT2D eigenvalue weighted by Crippen LogP contribution is 2.22. The lowest BCUT2D eigenvalue weighted by molar-refractivity contribution is 0.233. The normalized spacial score (nSPS) is 11.0. The van der Waals surface area contributed by atoms with Crippen molar-refractivity contribution in [2.45, 2.75) is 6.42 Å². The van der Waals surface area contributed by atoms with Crippen molar-refractivity contribution >= 4 is 36.7 Å². The van der Waals surface area contributed by atoms with Crippen LogP contribution in [0.1, 0.15) is 6.42 Å². The molecular formula is C12H18ClN3O4S. The zero-order valence-corrected chi connectivity index (χ0v) is 13.4. The predicted molar refractivity (Wildman–Crippen MR) is 83.0 cm³/mol. The van der Waals surface area contributed by atoms with E-state index >= 15 is 0 Å². The number of aliphatic hydroxyl groups is 1. The third kappa shape index (κ3) is 6.19. The third-order valence-electron chi connectivity index (χ3n) is 2.46. The van der Waals surface area contributed by atoms with Crippen molar-refractivity contribution < 1.29 is 18.3 Å². The van der Waals surface area contributed by atoms with Crippen LogP contribution in [0.4, 0.5) is 5.95 Å². The summed E-state index contributed by atoms with van der Waals surface area (Å²) in [5, 5.41) is 8.65. The van der Waals surface area contributed by atoms with Crippen molar-refractivity contribution in [3.8, 4) is 5.75 Å². The number of aliphatic hydroxyl groups excluding tert-OH is 1. The van der Waals surface area contributed by atoms with E-state index in [0.717, 1.165) is 23.0 Å². The number of nitrogens with zero attached hydrogens (tertiary/aromatic N) is 2. The molecule has 0 saturated heterocycles. The molecule has 0 atom stereocenters. The van der Waals surface area contributed by atoms with E-state index in [4.69, 9.17) is 15.6 Å². The van der Waals surface area contributed by atoms with Gasteiger partial charge in [0.05, 0.1) is 23.9 Å². The Morgan fingerprint density at radius 3 is 2.67 bits per heavy atom. The first-order valence-corrected chi connectivity index (χ1v) is 8.79. The molecule has 1 aromatic heterocycles. The Hall–Kier alpha value is -1.51. The quantitative estimate of drug-likeness (QED) is 0.640. The van der Waals surface area contributed by atoms with Crippen LogP contribution in [0.5, 0.6) is 5.75 Å². The number of aryl methyl sites for hydroxylation is 1. The molecule has 0 aliphatic heterocycles. The molecule has 0 aliphatic carbocycles. The topological polar surface area (TPSA) is 107 Å². The first-order chi connectivity index (χ1) is 9.72. The molecular weight excluding hydrogens is 318 g/mol. The second-order valence-corrected chi connectivity index (χ2v) is 7.33. The van der Waals surface area contributed by atoms with Crippen molar-refractivity contribution in [3.63, 3.8) is 0 Å². The Morgan fingerprint density at radius 2 is 2.10 bits per heavy atom. The fraction of sp³-hybridized carbons (Fsp3) is 0.417. The molecule has 21 heavy (non-hydrogen) atoms. The number of benzene rings is 1. The first kappa shape index (κ1) is 17.5. The molecule has 9 heteroatoms. The molecule has 0 radical (unpaired) electrons. The Balaban J connectivity index is 0.000000383. The minimum absolute atomic E-state index is 0.140. The van der Waals surface area contributed by atoms with Crippen LogP contribution in [0.2, 0.25) is 0 Å². The average Bonchev–Trinajstić information content (AvgIpc) is 2.64. The van der Waals surface area contributed by atoms with Crippen LogP contribution >= 0.6 is 10.7 Å². The summed E-state index contributed by atoms with van der Waals surface area (Å²) in [6.45, 7) is 0.649. The molecule has 0 saturated carbocycles. The predicted octanol–water partition coefficient (Wildman–Crippen LogP) is 1.10. The molecule has 1 aromatic carbocycles. The van der Waals surface area contributed by atoms with E-state index in [1.54, 1.807) is 0 Å². The molecule has 0 spiro atoms. The van der Waals surface area contributed by atoms with Gasteiger partial charge in [-0.25, -0.2) is 13.4 Å². The molecule has 7 nitrogen and oxygen atoms in total. The Morgan fingerprint density at radius 1 is 1.48 bits per heavy atom. The molecule has 0 bridgehead atoms. The van der Waals surface area contributed by atoms with E-state index in [1.807, 2.05) is 29.8 Å². The van der Waals surface area contributed by atoms with Gasteiger partial charge in [0.15, 0.2) is 0 Å². The maximum absolute atomic E-state index is 9.40. The van der Waals surface area contributed by atoms with E-state index < -0.39 is 9.05 Å². The van der Waals surface area contributed by atoms with Gasteiger partial charge in [-0.05, 0) is 12.1 Å². The molecule has 118 valence electrons. The molecule has 0 unspecified atom stereocenters. The highest BCUT2D eigenvalue weighted by atomic mass is 35.7. The zero-order chi connectivity index (χ0) is 16.0. The van der Waals surface area contributed by atoms with E-state index in [0.29, 0.717) is 19.0 Å². The van der Waals surface area contributed by atoms with Crippen LogP contribution < -0.4 is 10.5 Å². The number of hydrogen-bond acceptors (Lipinski definition) is 6. The third-order valence-corrected chi connectivity index (χ3v) is 2.46. The number of anilines is 1. The number of fused-ring (bicyclic) bond motifs is 1. The van der Waals surface area contributed by atoms with Gasteiger partial charge in [0, 0.05) is 36.8 Å². The second kappa shape index (κ2) is 7.48. The largest absolute Gasteiger partial charge is 0.493 e. The molecule has 2 rings (SSSR count). The monoisotopic (exact) mass is 335 g/mol. The number of nitrogens with two attached hydrogens (primary N) is 1. The lowest BCUT2D eigenvalue weighted by atomic mass is 10.3. The fourth-order valence-electron chi connectivity index (χ4n) is 1.53. The molecule has 0 fully saturated rings. The Kier molecular flexibility index (Phi) is 6.25. The van der Waals surface area contributed by atoms with E-state index in [2.05, 4.69) is 15.7 Å². The molecule has 0 amide bonds. The Bertz CT molecular complexity index is 692. The second-order valence-electron chi connectivity index (χ2n) is 4.29. The summed E-state index contributed by atoms with van der Waals surface area (Å²) >= 11 is 0. The fourth-order valence-corrected chi connectivity index (χ4v) is 1.53. The first-order valence-electron chi connectivity index (χ1n) is 6.07. The summed E-state index contributed by atoms with van der Waals surface area (Å²) in [6.07, 6.45) is 1.56. The van der Waals surface area contributed by atoms with Gasteiger partial charge in [-0.15, -0.1) is 0 Å². The Labute approximate surface area is 127 Å². The van der Waals surface area contributed by atoms with Crippen molar-refractivity contribution in [3.05, 3.63) is 18.2 Å². The lowest BCUT2D eigenvalue weighted by Gasteiger charge is -2.05. The average molecular weight is 336 g/mol. The number of nitrogen functional groups attached to an aromatic ring is 1. The van der Waals surface area contributed by atoms with Crippen LogP contribution in [0.15, 0.2) is 18.2 Å². The number of hydrogen-bond donors (Lipinski definition) is 2. The number of ether oxygens (including phenoxy) is 1. The maximum atomic E-state index is 9.40. The smallest absolute Gasteiger partial charge is 0.229 e. The number of imidazole rings is 1. The molecule has 1 heterocycles. The van der Waals surface area contributed by atoms with Gasteiger partial charge in [0.1, 0.15) is 5.75 Å². The molecule has 0 aliphatic rings. The van der Waals surface area contributed by atoms with Crippen molar-refractivity contribution in [1.82, 2.24) is 9.55 Å². The summed E-state index contributed by atoms with van der Waals surface area (Å²) in [5.41, 5.74) is 7.50. The summed E-state index contributed by atoms with van der Waals surface area (Å²) in [4.78, 5) is 4.20. The van der Waals surface area contributed by atoms with Crippen LogP contribution in [0.3, 0.4) is 0 Å². The summed E-state index contributed by atoms with van der Waals surface area (Å²) < 4.78 is 26.1. The van der Waals surface area contributed by atoms with E-state index in [1.165, 1.54) is 0 Å². The molecule has 2 aromatic rings. The molecule has 3 N–H and O–H groups in total. The van der Waals surface area contributed by atoms with Gasteiger partial charge in [-0.3, -0.25) is 0 Å². The summed E-state index contributed by atoms with van der Waals surface area (Å²) in [6, 6.07) is 5.63. The minimum Gasteiger partial charge on any atom is -0.493 e. The van der Waals surface area contributed by atoms with Gasteiger partial charge < -0.3 is 20.1 Å². The van der Waals surface area contributed by atoms with Gasteiger partial charge in [-0.2, -0.15) is 0 Å². The summed E-state index contributed by atoms with van der Waals surface area (Å²) in [5.74, 6) is 1.26.